The number of fused-ring (bicyclic) bond motifs is 1. The summed E-state index contributed by atoms with van der Waals surface area (Å²) in [7, 11) is 0. The molecule has 0 spiro atoms. The smallest absolute Gasteiger partial charge is 0.225 e. The molecule has 0 saturated carbocycles. The summed E-state index contributed by atoms with van der Waals surface area (Å²) in [6.45, 7) is 4.69. The molecular weight excluding hydrogens is 324 g/mol. The van der Waals surface area contributed by atoms with Crippen molar-refractivity contribution in [1.29, 1.82) is 0 Å². The molecule has 5 heteroatoms. The number of anilines is 1. The monoisotopic (exact) mass is 350 g/mol. The summed E-state index contributed by atoms with van der Waals surface area (Å²) in [5, 5.41) is 0. The van der Waals surface area contributed by atoms with Crippen molar-refractivity contribution in [2.45, 2.75) is 38.6 Å². The quantitative estimate of drug-likeness (QED) is 0.851. The van der Waals surface area contributed by atoms with Gasteiger partial charge in [0, 0.05) is 44.0 Å². The van der Waals surface area contributed by atoms with E-state index in [1.807, 2.05) is 25.3 Å². The molecule has 4 rings (SSSR count). The molecule has 2 aliphatic heterocycles. The number of hydrogen-bond donors (Lipinski definition) is 0. The second-order valence-corrected chi connectivity index (χ2v) is 7.42. The number of hydrogen-bond acceptors (Lipinski definition) is 4. The third kappa shape index (κ3) is 3.57. The Kier molecular flexibility index (Phi) is 4.87. The highest BCUT2D eigenvalue weighted by molar-refractivity contribution is 5.77. The van der Waals surface area contributed by atoms with Crippen LogP contribution in [0.3, 0.4) is 0 Å². The number of carbonyl (C=O) groups is 1. The number of nitrogens with zero attached hydrogens (tertiary/aromatic N) is 4. The first-order chi connectivity index (χ1) is 12.7. The van der Waals surface area contributed by atoms with Crippen LogP contribution in [0.5, 0.6) is 0 Å². The second-order valence-electron chi connectivity index (χ2n) is 7.42. The fourth-order valence-corrected chi connectivity index (χ4v) is 4.31. The van der Waals surface area contributed by atoms with Crippen molar-refractivity contribution in [3.8, 4) is 0 Å². The van der Waals surface area contributed by atoms with E-state index >= 15 is 0 Å². The molecule has 2 aromatic rings. The van der Waals surface area contributed by atoms with Gasteiger partial charge in [0.2, 0.25) is 11.9 Å². The SMILES string of the molecule is Cc1ccnc(N2CC[C@@H]3[C@@H](CCC(=O)N3CCc3ccccc3)C2)n1. The van der Waals surface area contributed by atoms with Gasteiger partial charge in [0.25, 0.3) is 0 Å². The van der Waals surface area contributed by atoms with Crippen LogP contribution in [0.15, 0.2) is 42.6 Å². The maximum atomic E-state index is 12.6. The fourth-order valence-electron chi connectivity index (χ4n) is 4.31. The molecule has 0 aliphatic carbocycles. The maximum absolute atomic E-state index is 12.6. The Morgan fingerprint density at radius 1 is 1.15 bits per heavy atom. The topological polar surface area (TPSA) is 49.3 Å². The molecule has 2 atom stereocenters. The van der Waals surface area contributed by atoms with E-state index in [0.717, 1.165) is 50.5 Å². The van der Waals surface area contributed by atoms with Crippen molar-refractivity contribution in [2.75, 3.05) is 24.5 Å². The van der Waals surface area contributed by atoms with E-state index in [1.165, 1.54) is 5.56 Å². The Bertz CT molecular complexity index is 764. The highest BCUT2D eigenvalue weighted by atomic mass is 16.2. The predicted molar refractivity (Wildman–Crippen MR) is 102 cm³/mol. The van der Waals surface area contributed by atoms with E-state index in [1.54, 1.807) is 0 Å². The Morgan fingerprint density at radius 3 is 2.81 bits per heavy atom. The van der Waals surface area contributed by atoms with Crippen molar-refractivity contribution in [2.24, 2.45) is 5.92 Å². The Labute approximate surface area is 155 Å². The number of benzene rings is 1. The average Bonchev–Trinajstić information content (AvgIpc) is 2.68. The molecule has 1 amide bonds. The molecule has 26 heavy (non-hydrogen) atoms. The highest BCUT2D eigenvalue weighted by Gasteiger charge is 2.39. The van der Waals surface area contributed by atoms with Gasteiger partial charge in [-0.2, -0.15) is 0 Å². The van der Waals surface area contributed by atoms with Crippen LogP contribution in [0, 0.1) is 12.8 Å². The first-order valence-corrected chi connectivity index (χ1v) is 9.59. The average molecular weight is 350 g/mol. The normalized spacial score (nSPS) is 23.0. The van der Waals surface area contributed by atoms with Gasteiger partial charge < -0.3 is 9.80 Å². The fraction of sp³-hybridized carbons (Fsp3) is 0.476. The highest BCUT2D eigenvalue weighted by Crippen LogP contribution is 2.32. The third-order valence-electron chi connectivity index (χ3n) is 5.69. The van der Waals surface area contributed by atoms with Crippen molar-refractivity contribution >= 4 is 11.9 Å². The molecule has 3 heterocycles. The molecule has 0 radical (unpaired) electrons. The summed E-state index contributed by atoms with van der Waals surface area (Å²) < 4.78 is 0. The van der Waals surface area contributed by atoms with Crippen molar-refractivity contribution in [3.63, 3.8) is 0 Å². The number of rotatable bonds is 4. The molecule has 1 aromatic heterocycles. The van der Waals surface area contributed by atoms with Gasteiger partial charge in [-0.1, -0.05) is 30.3 Å². The van der Waals surface area contributed by atoms with Crippen LogP contribution in [0.1, 0.15) is 30.5 Å². The van der Waals surface area contributed by atoms with Gasteiger partial charge in [-0.15, -0.1) is 0 Å². The zero-order valence-corrected chi connectivity index (χ0v) is 15.3. The van der Waals surface area contributed by atoms with Crippen LogP contribution in [0.25, 0.3) is 0 Å². The molecule has 136 valence electrons. The summed E-state index contributed by atoms with van der Waals surface area (Å²) in [5.41, 5.74) is 2.30. The molecule has 0 unspecified atom stereocenters. The van der Waals surface area contributed by atoms with Gasteiger partial charge in [0.15, 0.2) is 0 Å². The molecule has 0 N–H and O–H groups in total. The zero-order chi connectivity index (χ0) is 17.9. The molecule has 0 bridgehead atoms. The summed E-state index contributed by atoms with van der Waals surface area (Å²) in [6.07, 6.45) is 5.41. The van der Waals surface area contributed by atoms with Crippen LogP contribution < -0.4 is 4.90 Å². The van der Waals surface area contributed by atoms with Crippen molar-refractivity contribution in [1.82, 2.24) is 14.9 Å². The Hall–Kier alpha value is -2.43. The summed E-state index contributed by atoms with van der Waals surface area (Å²) in [6, 6.07) is 12.7. The first-order valence-electron chi connectivity index (χ1n) is 9.59. The lowest BCUT2D eigenvalue weighted by molar-refractivity contribution is -0.139. The van der Waals surface area contributed by atoms with Crippen LogP contribution in [0.2, 0.25) is 0 Å². The number of aromatic nitrogens is 2. The standard InChI is InChI=1S/C21H26N4O/c1-16-9-12-22-21(23-16)24-13-11-19-18(15-24)7-8-20(26)25(19)14-10-17-5-3-2-4-6-17/h2-6,9,12,18-19H,7-8,10-11,13-15H2,1H3/t18-,19+/m0/s1. The van der Waals surface area contributed by atoms with E-state index in [4.69, 9.17) is 0 Å². The minimum atomic E-state index is 0.322. The largest absolute Gasteiger partial charge is 0.340 e. The van der Waals surface area contributed by atoms with Crippen LogP contribution >= 0.6 is 0 Å². The molecule has 2 fully saturated rings. The van der Waals surface area contributed by atoms with Crippen LogP contribution in [0.4, 0.5) is 5.95 Å². The van der Waals surface area contributed by atoms with Crippen molar-refractivity contribution in [3.05, 3.63) is 53.9 Å². The minimum absolute atomic E-state index is 0.322. The Morgan fingerprint density at radius 2 is 2.00 bits per heavy atom. The lowest BCUT2D eigenvalue weighted by Crippen LogP contribution is -2.56. The molecule has 2 saturated heterocycles. The van der Waals surface area contributed by atoms with E-state index in [2.05, 4.69) is 44.0 Å². The number of piperidine rings is 2. The van der Waals surface area contributed by atoms with E-state index in [-0.39, 0.29) is 0 Å². The summed E-state index contributed by atoms with van der Waals surface area (Å²) in [5.74, 6) is 1.67. The lowest BCUT2D eigenvalue weighted by atomic mass is 9.83. The molecule has 5 nitrogen and oxygen atoms in total. The number of aryl methyl sites for hydroxylation is 1. The lowest BCUT2D eigenvalue weighted by Gasteiger charge is -2.47. The molecule has 2 aliphatic rings. The van der Waals surface area contributed by atoms with Crippen molar-refractivity contribution < 1.29 is 4.79 Å². The van der Waals surface area contributed by atoms with E-state index in [0.29, 0.717) is 24.3 Å². The minimum Gasteiger partial charge on any atom is -0.340 e. The van der Waals surface area contributed by atoms with Gasteiger partial charge in [-0.05, 0) is 43.7 Å². The summed E-state index contributed by atoms with van der Waals surface area (Å²) in [4.78, 5) is 26.0. The number of amides is 1. The van der Waals surface area contributed by atoms with Gasteiger partial charge in [-0.3, -0.25) is 4.79 Å². The van der Waals surface area contributed by atoms with Crippen LogP contribution in [-0.4, -0.2) is 46.5 Å². The second kappa shape index (κ2) is 7.44. The van der Waals surface area contributed by atoms with E-state index < -0.39 is 0 Å². The third-order valence-corrected chi connectivity index (χ3v) is 5.69. The summed E-state index contributed by atoms with van der Waals surface area (Å²) >= 11 is 0. The predicted octanol–water partition coefficient (Wildman–Crippen LogP) is 2.85. The number of likely N-dealkylation sites (tertiary alicyclic amines) is 1. The Balaban J connectivity index is 1.43. The zero-order valence-electron chi connectivity index (χ0n) is 15.3. The number of carbonyl (C=O) groups excluding carboxylic acids is 1. The maximum Gasteiger partial charge on any atom is 0.225 e. The molecule has 1 aromatic carbocycles. The van der Waals surface area contributed by atoms with E-state index in [9.17, 15) is 4.79 Å². The van der Waals surface area contributed by atoms with Gasteiger partial charge in [0.05, 0.1) is 0 Å². The van der Waals surface area contributed by atoms with Gasteiger partial charge in [-0.25, -0.2) is 9.97 Å². The molecular formula is C21H26N4O. The first kappa shape index (κ1) is 17.0. The van der Waals surface area contributed by atoms with Gasteiger partial charge in [0.1, 0.15) is 0 Å². The van der Waals surface area contributed by atoms with Gasteiger partial charge >= 0.3 is 0 Å². The van der Waals surface area contributed by atoms with Crippen LogP contribution in [-0.2, 0) is 11.2 Å².